The van der Waals surface area contributed by atoms with Gasteiger partial charge in [0.15, 0.2) is 0 Å². The molecule has 0 saturated heterocycles. The zero-order valence-electron chi connectivity index (χ0n) is 18.9. The number of ether oxygens (including phenoxy) is 2. The predicted octanol–water partition coefficient (Wildman–Crippen LogP) is 4.42. The third-order valence-corrected chi connectivity index (χ3v) is 5.48. The van der Waals surface area contributed by atoms with Crippen LogP contribution < -0.4 is 14.8 Å². The first-order valence-corrected chi connectivity index (χ1v) is 11.2. The molecular formula is C27H29N3O3. The number of nitrogens with zero attached hydrogens (tertiary/aromatic N) is 2. The second-order valence-corrected chi connectivity index (χ2v) is 7.81. The van der Waals surface area contributed by atoms with Crippen LogP contribution in [0.4, 0.5) is 0 Å². The van der Waals surface area contributed by atoms with E-state index < -0.39 is 0 Å². The summed E-state index contributed by atoms with van der Waals surface area (Å²) in [6.07, 6.45) is 2.01. The minimum atomic E-state index is 0.0441. The minimum Gasteiger partial charge on any atom is -0.497 e. The van der Waals surface area contributed by atoms with Crippen molar-refractivity contribution in [3.63, 3.8) is 0 Å². The molecule has 4 rings (SSSR count). The van der Waals surface area contributed by atoms with Crippen molar-refractivity contribution in [1.82, 2.24) is 14.9 Å². The number of rotatable bonds is 11. The van der Waals surface area contributed by atoms with E-state index in [0.717, 1.165) is 46.8 Å². The van der Waals surface area contributed by atoms with Crippen molar-refractivity contribution in [2.45, 2.75) is 25.8 Å². The standard InChI is InChI=1S/C27H29N3O3/c1-32-22-13-15-23(16-14-22)33-19-18-30-25-11-6-5-10-24(25)29-26(30)12-7-17-28-27(31)20-21-8-3-2-4-9-21/h2-6,8-11,13-16H,7,12,17-20H2,1H3,(H,28,31). The fourth-order valence-corrected chi connectivity index (χ4v) is 3.81. The number of benzene rings is 3. The van der Waals surface area contributed by atoms with E-state index in [4.69, 9.17) is 14.5 Å². The number of carbonyl (C=O) groups is 1. The maximum atomic E-state index is 12.2. The van der Waals surface area contributed by atoms with Crippen LogP contribution >= 0.6 is 0 Å². The normalized spacial score (nSPS) is 10.8. The second-order valence-electron chi connectivity index (χ2n) is 7.81. The molecule has 1 N–H and O–H groups in total. The highest BCUT2D eigenvalue weighted by atomic mass is 16.5. The van der Waals surface area contributed by atoms with Gasteiger partial charge in [-0.25, -0.2) is 4.98 Å². The first-order chi connectivity index (χ1) is 16.2. The molecule has 0 fully saturated rings. The Balaban J connectivity index is 1.32. The number of aryl methyl sites for hydroxylation is 1. The molecule has 1 amide bonds. The lowest BCUT2D eigenvalue weighted by atomic mass is 10.1. The summed E-state index contributed by atoms with van der Waals surface area (Å²) in [7, 11) is 1.65. The molecule has 0 saturated carbocycles. The fourth-order valence-electron chi connectivity index (χ4n) is 3.81. The van der Waals surface area contributed by atoms with Crippen molar-refractivity contribution in [2.75, 3.05) is 20.3 Å². The summed E-state index contributed by atoms with van der Waals surface area (Å²) in [6, 6.07) is 25.5. The third kappa shape index (κ3) is 6.13. The molecule has 3 aromatic carbocycles. The van der Waals surface area contributed by atoms with E-state index in [9.17, 15) is 4.79 Å². The molecule has 0 atom stereocenters. The molecule has 6 heteroatoms. The van der Waals surface area contributed by atoms with Crippen molar-refractivity contribution >= 4 is 16.9 Å². The van der Waals surface area contributed by atoms with Crippen LogP contribution in [0, 0.1) is 0 Å². The van der Waals surface area contributed by atoms with Crippen molar-refractivity contribution in [2.24, 2.45) is 0 Å². The van der Waals surface area contributed by atoms with Crippen LogP contribution in [0.2, 0.25) is 0 Å². The molecule has 33 heavy (non-hydrogen) atoms. The number of para-hydroxylation sites is 2. The van der Waals surface area contributed by atoms with Gasteiger partial charge in [0, 0.05) is 13.0 Å². The van der Waals surface area contributed by atoms with Gasteiger partial charge in [0.25, 0.3) is 0 Å². The number of carbonyl (C=O) groups excluding carboxylic acids is 1. The van der Waals surface area contributed by atoms with E-state index in [-0.39, 0.29) is 5.91 Å². The minimum absolute atomic E-state index is 0.0441. The quantitative estimate of drug-likeness (QED) is 0.349. The second kappa shape index (κ2) is 11.2. The Kier molecular flexibility index (Phi) is 7.59. The molecule has 170 valence electrons. The molecule has 1 aromatic heterocycles. The molecule has 0 aliphatic rings. The molecule has 0 bridgehead atoms. The number of fused-ring (bicyclic) bond motifs is 1. The van der Waals surface area contributed by atoms with Gasteiger partial charge in [-0.05, 0) is 48.4 Å². The first kappa shape index (κ1) is 22.4. The van der Waals surface area contributed by atoms with Crippen molar-refractivity contribution < 1.29 is 14.3 Å². The van der Waals surface area contributed by atoms with Gasteiger partial charge in [0.2, 0.25) is 5.91 Å². The number of hydrogen-bond donors (Lipinski definition) is 1. The first-order valence-electron chi connectivity index (χ1n) is 11.2. The topological polar surface area (TPSA) is 65.4 Å². The van der Waals surface area contributed by atoms with E-state index >= 15 is 0 Å². The van der Waals surface area contributed by atoms with Crippen LogP contribution in [0.5, 0.6) is 11.5 Å². The summed E-state index contributed by atoms with van der Waals surface area (Å²) < 4.78 is 13.3. The maximum absolute atomic E-state index is 12.2. The van der Waals surface area contributed by atoms with Crippen molar-refractivity contribution in [3.8, 4) is 11.5 Å². The molecule has 0 spiro atoms. The highest BCUT2D eigenvalue weighted by molar-refractivity contribution is 5.78. The Morgan fingerprint density at radius 1 is 0.939 bits per heavy atom. The Hall–Kier alpha value is -3.80. The lowest BCUT2D eigenvalue weighted by molar-refractivity contribution is -0.120. The monoisotopic (exact) mass is 443 g/mol. The van der Waals surface area contributed by atoms with E-state index in [0.29, 0.717) is 26.1 Å². The van der Waals surface area contributed by atoms with Gasteiger partial charge in [-0.1, -0.05) is 42.5 Å². The molecule has 0 unspecified atom stereocenters. The number of nitrogens with one attached hydrogen (secondary N) is 1. The van der Waals surface area contributed by atoms with E-state index in [1.165, 1.54) is 0 Å². The third-order valence-electron chi connectivity index (χ3n) is 5.48. The van der Waals surface area contributed by atoms with Gasteiger partial charge in [0.1, 0.15) is 23.9 Å². The summed E-state index contributed by atoms with van der Waals surface area (Å²) >= 11 is 0. The Labute approximate surface area is 194 Å². The van der Waals surface area contributed by atoms with Crippen molar-refractivity contribution in [3.05, 3.63) is 90.3 Å². The van der Waals surface area contributed by atoms with Gasteiger partial charge in [-0.3, -0.25) is 4.79 Å². The van der Waals surface area contributed by atoms with Gasteiger partial charge in [-0.15, -0.1) is 0 Å². The summed E-state index contributed by atoms with van der Waals surface area (Å²) in [5, 5.41) is 3.02. The predicted molar refractivity (Wildman–Crippen MR) is 130 cm³/mol. The SMILES string of the molecule is COc1ccc(OCCn2c(CCCNC(=O)Cc3ccccc3)nc3ccccc32)cc1. The van der Waals surface area contributed by atoms with E-state index in [1.807, 2.05) is 72.8 Å². The van der Waals surface area contributed by atoms with Crippen LogP contribution in [-0.2, 0) is 24.2 Å². The van der Waals surface area contributed by atoms with Crippen molar-refractivity contribution in [1.29, 1.82) is 0 Å². The number of amides is 1. The maximum Gasteiger partial charge on any atom is 0.224 e. The Morgan fingerprint density at radius 3 is 2.45 bits per heavy atom. The number of methoxy groups -OCH3 is 1. The van der Waals surface area contributed by atoms with Gasteiger partial charge < -0.3 is 19.4 Å². The number of aromatic nitrogens is 2. The Bertz CT molecular complexity index is 1170. The Morgan fingerprint density at radius 2 is 1.67 bits per heavy atom. The van der Waals surface area contributed by atoms with E-state index in [2.05, 4.69) is 16.0 Å². The molecule has 6 nitrogen and oxygen atoms in total. The lowest BCUT2D eigenvalue weighted by Gasteiger charge is -2.11. The average Bonchev–Trinajstić information content (AvgIpc) is 3.20. The average molecular weight is 444 g/mol. The van der Waals surface area contributed by atoms with Crippen LogP contribution in [0.15, 0.2) is 78.9 Å². The zero-order chi connectivity index (χ0) is 22.9. The lowest BCUT2D eigenvalue weighted by Crippen LogP contribution is -2.26. The van der Waals surface area contributed by atoms with Crippen LogP contribution in [-0.4, -0.2) is 35.7 Å². The van der Waals surface area contributed by atoms with Crippen LogP contribution in [0.1, 0.15) is 17.8 Å². The molecule has 4 aromatic rings. The summed E-state index contributed by atoms with van der Waals surface area (Å²) in [4.78, 5) is 17.0. The molecule has 1 heterocycles. The molecular weight excluding hydrogens is 414 g/mol. The molecule has 0 aliphatic heterocycles. The largest absolute Gasteiger partial charge is 0.497 e. The van der Waals surface area contributed by atoms with Gasteiger partial charge in [0.05, 0.1) is 31.1 Å². The fraction of sp³-hybridized carbons (Fsp3) is 0.259. The summed E-state index contributed by atoms with van der Waals surface area (Å²) in [5.41, 5.74) is 3.10. The zero-order valence-corrected chi connectivity index (χ0v) is 18.9. The molecule has 0 radical (unpaired) electrons. The van der Waals surface area contributed by atoms with Gasteiger partial charge >= 0.3 is 0 Å². The van der Waals surface area contributed by atoms with Crippen LogP contribution in [0.3, 0.4) is 0 Å². The van der Waals surface area contributed by atoms with Gasteiger partial charge in [-0.2, -0.15) is 0 Å². The summed E-state index contributed by atoms with van der Waals surface area (Å²) in [5.74, 6) is 2.67. The van der Waals surface area contributed by atoms with Crippen LogP contribution in [0.25, 0.3) is 11.0 Å². The number of imidazole rings is 1. The molecule has 0 aliphatic carbocycles. The number of hydrogen-bond acceptors (Lipinski definition) is 4. The van der Waals surface area contributed by atoms with E-state index in [1.54, 1.807) is 7.11 Å². The smallest absolute Gasteiger partial charge is 0.224 e. The summed E-state index contributed by atoms with van der Waals surface area (Å²) in [6.45, 7) is 1.85. The highest BCUT2D eigenvalue weighted by Gasteiger charge is 2.11. The highest BCUT2D eigenvalue weighted by Crippen LogP contribution is 2.19.